The van der Waals surface area contributed by atoms with Gasteiger partial charge in [0.2, 0.25) is 0 Å². The molecular formula is C11H15N3O. The van der Waals surface area contributed by atoms with E-state index in [1.54, 1.807) is 6.92 Å². The summed E-state index contributed by atoms with van der Waals surface area (Å²) < 4.78 is 1.90. The molecule has 4 nitrogen and oxygen atoms in total. The van der Waals surface area contributed by atoms with Crippen LogP contribution in [0.4, 0.5) is 0 Å². The fourth-order valence-corrected chi connectivity index (χ4v) is 1.76. The number of fused-ring (bicyclic) bond motifs is 1. The first kappa shape index (κ1) is 10.1. The average Bonchev–Trinajstić information content (AvgIpc) is 2.55. The number of imidazole rings is 1. The third-order valence-electron chi connectivity index (χ3n) is 2.59. The van der Waals surface area contributed by atoms with Gasteiger partial charge in [0, 0.05) is 13.6 Å². The molecule has 80 valence electrons. The van der Waals surface area contributed by atoms with E-state index in [-0.39, 0.29) is 0 Å². The van der Waals surface area contributed by atoms with Crippen molar-refractivity contribution in [2.75, 3.05) is 0 Å². The van der Waals surface area contributed by atoms with Crippen LogP contribution < -0.4 is 5.73 Å². The molecule has 2 aromatic rings. The number of nitrogens with zero attached hydrogens (tertiary/aromatic N) is 2. The van der Waals surface area contributed by atoms with Crippen LogP contribution in [-0.4, -0.2) is 14.7 Å². The number of hydrogen-bond acceptors (Lipinski definition) is 3. The Morgan fingerprint density at radius 3 is 2.87 bits per heavy atom. The highest BCUT2D eigenvalue weighted by Gasteiger charge is 2.11. The van der Waals surface area contributed by atoms with E-state index in [0.717, 1.165) is 16.6 Å². The van der Waals surface area contributed by atoms with Crippen LogP contribution in [0.3, 0.4) is 0 Å². The van der Waals surface area contributed by atoms with Crippen LogP contribution >= 0.6 is 0 Å². The number of nitrogens with two attached hydrogens (primary N) is 1. The predicted molar refractivity (Wildman–Crippen MR) is 59.2 cm³/mol. The van der Waals surface area contributed by atoms with Crippen LogP contribution in [0.15, 0.2) is 18.2 Å². The summed E-state index contributed by atoms with van der Waals surface area (Å²) in [5.41, 5.74) is 8.52. The highest BCUT2D eigenvalue weighted by Crippen LogP contribution is 2.20. The molecule has 0 saturated carbocycles. The summed E-state index contributed by atoms with van der Waals surface area (Å²) in [5.74, 6) is 0.680. The lowest BCUT2D eigenvalue weighted by Crippen LogP contribution is -2.01. The predicted octanol–water partition coefficient (Wildman–Crippen LogP) is 1.09. The van der Waals surface area contributed by atoms with Crippen molar-refractivity contribution in [3.63, 3.8) is 0 Å². The monoisotopic (exact) mass is 205 g/mol. The maximum Gasteiger partial charge on any atom is 0.138 e. The number of aliphatic hydroxyl groups is 1. The Balaban J connectivity index is 2.65. The first-order valence-corrected chi connectivity index (χ1v) is 4.97. The SMILES string of the molecule is C[C@H](O)c1nc2cc(CN)ccc2n1C. The van der Waals surface area contributed by atoms with Crippen molar-refractivity contribution in [3.05, 3.63) is 29.6 Å². The molecule has 0 aliphatic heterocycles. The molecule has 4 heteroatoms. The third kappa shape index (κ3) is 1.62. The second kappa shape index (κ2) is 3.64. The fourth-order valence-electron chi connectivity index (χ4n) is 1.76. The molecule has 1 heterocycles. The van der Waals surface area contributed by atoms with Gasteiger partial charge >= 0.3 is 0 Å². The first-order valence-electron chi connectivity index (χ1n) is 4.97. The fraction of sp³-hybridized carbons (Fsp3) is 0.364. The molecule has 0 bridgehead atoms. The quantitative estimate of drug-likeness (QED) is 0.771. The van der Waals surface area contributed by atoms with Crippen LogP contribution in [0.2, 0.25) is 0 Å². The lowest BCUT2D eigenvalue weighted by molar-refractivity contribution is 0.186. The number of rotatable bonds is 2. The van der Waals surface area contributed by atoms with Gasteiger partial charge in [0.05, 0.1) is 11.0 Å². The van der Waals surface area contributed by atoms with Crippen molar-refractivity contribution in [2.24, 2.45) is 12.8 Å². The van der Waals surface area contributed by atoms with Crippen LogP contribution in [0.1, 0.15) is 24.4 Å². The molecule has 0 radical (unpaired) electrons. The molecule has 0 aliphatic carbocycles. The largest absolute Gasteiger partial charge is 0.385 e. The van der Waals surface area contributed by atoms with Crippen molar-refractivity contribution in [2.45, 2.75) is 19.6 Å². The summed E-state index contributed by atoms with van der Waals surface area (Å²) in [6.07, 6.45) is -0.552. The Morgan fingerprint density at radius 2 is 2.27 bits per heavy atom. The topological polar surface area (TPSA) is 64.1 Å². The Kier molecular flexibility index (Phi) is 2.46. The number of aromatic nitrogens is 2. The van der Waals surface area contributed by atoms with E-state index >= 15 is 0 Å². The number of aryl methyl sites for hydroxylation is 1. The summed E-state index contributed by atoms with van der Waals surface area (Å²) in [6.45, 7) is 2.22. The van der Waals surface area contributed by atoms with E-state index < -0.39 is 6.10 Å². The summed E-state index contributed by atoms with van der Waals surface area (Å²) in [7, 11) is 1.90. The minimum Gasteiger partial charge on any atom is -0.385 e. The van der Waals surface area contributed by atoms with Gasteiger partial charge < -0.3 is 15.4 Å². The zero-order chi connectivity index (χ0) is 11.0. The maximum absolute atomic E-state index is 9.52. The van der Waals surface area contributed by atoms with E-state index in [1.165, 1.54) is 0 Å². The molecule has 3 N–H and O–H groups in total. The van der Waals surface area contributed by atoms with Gasteiger partial charge in [-0.15, -0.1) is 0 Å². The van der Waals surface area contributed by atoms with Gasteiger partial charge in [0.15, 0.2) is 0 Å². The highest BCUT2D eigenvalue weighted by atomic mass is 16.3. The van der Waals surface area contributed by atoms with E-state index in [1.807, 2.05) is 29.8 Å². The zero-order valence-corrected chi connectivity index (χ0v) is 8.94. The maximum atomic E-state index is 9.52. The average molecular weight is 205 g/mol. The number of hydrogen-bond donors (Lipinski definition) is 2. The molecule has 0 amide bonds. The van der Waals surface area contributed by atoms with Crippen molar-refractivity contribution in [1.29, 1.82) is 0 Å². The van der Waals surface area contributed by atoms with Crippen molar-refractivity contribution < 1.29 is 5.11 Å². The number of benzene rings is 1. The molecule has 15 heavy (non-hydrogen) atoms. The molecule has 0 fully saturated rings. The highest BCUT2D eigenvalue weighted by molar-refractivity contribution is 5.76. The normalized spacial score (nSPS) is 13.3. The minimum atomic E-state index is -0.552. The molecule has 0 spiro atoms. The minimum absolute atomic E-state index is 0.510. The molecule has 0 saturated heterocycles. The Labute approximate surface area is 88.3 Å². The molecule has 2 rings (SSSR count). The van der Waals surface area contributed by atoms with Crippen LogP contribution in [0.5, 0.6) is 0 Å². The molecule has 0 aliphatic rings. The van der Waals surface area contributed by atoms with Crippen molar-refractivity contribution in [1.82, 2.24) is 9.55 Å². The van der Waals surface area contributed by atoms with E-state index in [4.69, 9.17) is 5.73 Å². The zero-order valence-electron chi connectivity index (χ0n) is 8.94. The second-order valence-corrected chi connectivity index (χ2v) is 3.73. The smallest absolute Gasteiger partial charge is 0.138 e. The Bertz CT molecular complexity index is 488. The Morgan fingerprint density at radius 1 is 1.53 bits per heavy atom. The lowest BCUT2D eigenvalue weighted by atomic mass is 10.2. The standard InChI is InChI=1S/C11H15N3O/c1-7(15)11-13-9-5-8(6-12)3-4-10(9)14(11)2/h3-5,7,15H,6,12H2,1-2H3/t7-/m0/s1. The molecular weight excluding hydrogens is 190 g/mol. The van der Waals surface area contributed by atoms with Crippen LogP contribution in [-0.2, 0) is 13.6 Å². The van der Waals surface area contributed by atoms with Crippen LogP contribution in [0, 0.1) is 0 Å². The van der Waals surface area contributed by atoms with Crippen molar-refractivity contribution in [3.8, 4) is 0 Å². The van der Waals surface area contributed by atoms with Gasteiger partial charge in [-0.3, -0.25) is 0 Å². The van der Waals surface area contributed by atoms with Crippen molar-refractivity contribution >= 4 is 11.0 Å². The van der Waals surface area contributed by atoms with Gasteiger partial charge in [-0.2, -0.15) is 0 Å². The van der Waals surface area contributed by atoms with Gasteiger partial charge in [-0.1, -0.05) is 6.07 Å². The van der Waals surface area contributed by atoms with Gasteiger partial charge in [0.25, 0.3) is 0 Å². The summed E-state index contributed by atoms with van der Waals surface area (Å²) in [4.78, 5) is 4.38. The second-order valence-electron chi connectivity index (χ2n) is 3.73. The Hall–Kier alpha value is -1.39. The van der Waals surface area contributed by atoms with E-state index in [2.05, 4.69) is 4.98 Å². The van der Waals surface area contributed by atoms with Gasteiger partial charge in [-0.25, -0.2) is 4.98 Å². The molecule has 1 aromatic heterocycles. The van der Waals surface area contributed by atoms with E-state index in [0.29, 0.717) is 12.4 Å². The first-order chi connectivity index (χ1) is 7.13. The van der Waals surface area contributed by atoms with Gasteiger partial charge in [-0.05, 0) is 24.6 Å². The summed E-state index contributed by atoms with van der Waals surface area (Å²) >= 11 is 0. The number of aliphatic hydroxyl groups excluding tert-OH is 1. The van der Waals surface area contributed by atoms with Crippen LogP contribution in [0.25, 0.3) is 11.0 Å². The lowest BCUT2D eigenvalue weighted by Gasteiger charge is -2.03. The summed E-state index contributed by atoms with van der Waals surface area (Å²) in [6, 6.07) is 5.92. The van der Waals surface area contributed by atoms with Gasteiger partial charge in [0.1, 0.15) is 11.9 Å². The molecule has 0 unspecified atom stereocenters. The van der Waals surface area contributed by atoms with E-state index in [9.17, 15) is 5.11 Å². The molecule has 1 aromatic carbocycles. The molecule has 1 atom stereocenters. The summed E-state index contributed by atoms with van der Waals surface area (Å²) in [5, 5.41) is 9.52. The third-order valence-corrected chi connectivity index (χ3v) is 2.59.